The van der Waals surface area contributed by atoms with Crippen LogP contribution in [0.3, 0.4) is 0 Å². The lowest BCUT2D eigenvalue weighted by atomic mass is 9.43. The maximum Gasteiger partial charge on any atom is 0.164 e. The zero-order valence-electron chi connectivity index (χ0n) is 29.4. The zero-order chi connectivity index (χ0) is 34.7. The lowest BCUT2D eigenvalue weighted by molar-refractivity contribution is -0.0398. The van der Waals surface area contributed by atoms with Crippen LogP contribution in [-0.4, -0.2) is 15.0 Å². The van der Waals surface area contributed by atoms with Gasteiger partial charge in [0.15, 0.2) is 17.5 Å². The predicted octanol–water partition coefficient (Wildman–Crippen LogP) is 12.6. The van der Waals surface area contributed by atoms with Gasteiger partial charge >= 0.3 is 0 Å². The summed E-state index contributed by atoms with van der Waals surface area (Å²) in [7, 11) is 0. The third kappa shape index (κ3) is 4.30. The Morgan fingerprint density at radius 2 is 1.04 bits per heavy atom. The number of fused-ring (bicyclic) bond motifs is 6. The van der Waals surface area contributed by atoms with Crippen molar-refractivity contribution in [2.75, 3.05) is 0 Å². The molecule has 0 atom stereocenters. The van der Waals surface area contributed by atoms with Crippen molar-refractivity contribution in [1.82, 2.24) is 15.0 Å². The molecule has 8 aromatic rings. The van der Waals surface area contributed by atoms with E-state index in [-0.39, 0.29) is 5.41 Å². The van der Waals surface area contributed by atoms with Crippen LogP contribution in [0.4, 0.5) is 0 Å². The molecule has 6 aromatic carbocycles. The molecule has 5 aliphatic rings. The molecule has 4 fully saturated rings. The van der Waals surface area contributed by atoms with Crippen LogP contribution in [0.25, 0.3) is 76.6 Å². The molecule has 2 aromatic heterocycles. The quantitative estimate of drug-likeness (QED) is 0.184. The second kappa shape index (κ2) is 11.3. The van der Waals surface area contributed by atoms with Crippen LogP contribution in [0.1, 0.15) is 43.2 Å². The van der Waals surface area contributed by atoms with E-state index in [1.807, 2.05) is 11.3 Å². The van der Waals surface area contributed by atoms with E-state index in [9.17, 15) is 0 Å². The molecule has 0 amide bonds. The Bertz CT molecular complexity index is 2720. The fourth-order valence-electron chi connectivity index (χ4n) is 11.5. The van der Waals surface area contributed by atoms with E-state index in [2.05, 4.69) is 140 Å². The van der Waals surface area contributed by atoms with E-state index >= 15 is 0 Å². The highest BCUT2D eigenvalue weighted by Crippen LogP contribution is 2.70. The summed E-state index contributed by atoms with van der Waals surface area (Å²) in [5.74, 6) is 5.27. The summed E-state index contributed by atoms with van der Waals surface area (Å²) in [5.41, 5.74) is 11.3. The van der Waals surface area contributed by atoms with Crippen molar-refractivity contribution in [3.63, 3.8) is 0 Å². The van der Waals surface area contributed by atoms with Gasteiger partial charge in [0.1, 0.15) is 0 Å². The van der Waals surface area contributed by atoms with E-state index in [0.717, 1.165) is 45.5 Å². The van der Waals surface area contributed by atoms with Crippen molar-refractivity contribution in [2.45, 2.75) is 37.5 Å². The van der Waals surface area contributed by atoms with Crippen molar-refractivity contribution >= 4 is 31.5 Å². The van der Waals surface area contributed by atoms with Gasteiger partial charge < -0.3 is 0 Å². The number of benzene rings is 6. The van der Waals surface area contributed by atoms with E-state index in [0.29, 0.717) is 23.5 Å². The van der Waals surface area contributed by atoms with Crippen molar-refractivity contribution < 1.29 is 0 Å². The van der Waals surface area contributed by atoms with Gasteiger partial charge in [-0.2, -0.15) is 0 Å². The molecule has 0 radical (unpaired) electrons. The first-order valence-corrected chi connectivity index (χ1v) is 20.1. The monoisotopic (exact) mass is 699 g/mol. The fourth-order valence-corrected chi connectivity index (χ4v) is 12.7. The summed E-state index contributed by atoms with van der Waals surface area (Å²) in [6, 6.07) is 50.7. The van der Waals surface area contributed by atoms with Gasteiger partial charge in [-0.1, -0.05) is 121 Å². The summed E-state index contributed by atoms with van der Waals surface area (Å²) in [6.45, 7) is 0. The SMILES string of the molecule is c1ccc(-c2nc(-c3ccccc3-c3ccccc3)nc(-c3cccc4c3-c3cc5c(cc3C43C4CC6CC(C4)CC3C6)sc3ccccc35)n2)cc1. The van der Waals surface area contributed by atoms with E-state index in [1.165, 1.54) is 69.0 Å². The molecule has 4 bridgehead atoms. The van der Waals surface area contributed by atoms with Crippen LogP contribution in [0.15, 0.2) is 140 Å². The zero-order valence-corrected chi connectivity index (χ0v) is 30.2. The van der Waals surface area contributed by atoms with Crippen molar-refractivity contribution in [1.29, 1.82) is 0 Å². The molecular formula is C49H37N3S. The lowest BCUT2D eigenvalue weighted by Gasteiger charge is -2.61. The highest BCUT2D eigenvalue weighted by atomic mass is 32.1. The molecule has 0 N–H and O–H groups in total. The van der Waals surface area contributed by atoms with Crippen molar-refractivity contribution in [3.05, 3.63) is 151 Å². The van der Waals surface area contributed by atoms with Gasteiger partial charge in [0.25, 0.3) is 0 Å². The van der Waals surface area contributed by atoms with Gasteiger partial charge in [-0.15, -0.1) is 11.3 Å². The summed E-state index contributed by atoms with van der Waals surface area (Å²) < 4.78 is 2.78. The number of rotatable bonds is 4. The predicted molar refractivity (Wildman–Crippen MR) is 218 cm³/mol. The molecule has 13 rings (SSSR count). The topological polar surface area (TPSA) is 38.7 Å². The maximum absolute atomic E-state index is 5.44. The fraction of sp³-hybridized carbons (Fsp3) is 0.204. The Kier molecular flexibility index (Phi) is 6.39. The van der Waals surface area contributed by atoms with Crippen LogP contribution in [0.5, 0.6) is 0 Å². The van der Waals surface area contributed by atoms with Crippen LogP contribution in [-0.2, 0) is 5.41 Å². The first-order valence-electron chi connectivity index (χ1n) is 19.3. The molecule has 5 aliphatic carbocycles. The lowest BCUT2D eigenvalue weighted by Crippen LogP contribution is -2.55. The average molecular weight is 700 g/mol. The Hall–Kier alpha value is -5.45. The summed E-state index contributed by atoms with van der Waals surface area (Å²) in [5, 5.41) is 2.72. The number of hydrogen-bond donors (Lipinski definition) is 0. The standard InChI is InChI=1S/C49H37N3S/c1-3-12-31(13-4-1)35-16-7-8-18-37(35)47-50-46(32-14-5-2-6-15-32)51-48(52-47)38-19-11-20-41-45(38)40-27-39-36-17-9-10-21-43(36)53-44(39)28-42(40)49(41)33-23-29-22-30(25-33)26-34(49)24-29/h1-21,27-30,33-34H,22-26H2. The van der Waals surface area contributed by atoms with Crippen LogP contribution in [0.2, 0.25) is 0 Å². The van der Waals surface area contributed by atoms with Crippen LogP contribution in [0, 0.1) is 23.7 Å². The largest absolute Gasteiger partial charge is 0.208 e. The number of hydrogen-bond acceptors (Lipinski definition) is 4. The molecule has 0 saturated heterocycles. The molecule has 3 nitrogen and oxygen atoms in total. The smallest absolute Gasteiger partial charge is 0.164 e. The highest BCUT2D eigenvalue weighted by molar-refractivity contribution is 7.25. The number of aromatic nitrogens is 3. The van der Waals surface area contributed by atoms with E-state index in [1.54, 1.807) is 5.56 Å². The highest BCUT2D eigenvalue weighted by Gasteiger charge is 2.62. The van der Waals surface area contributed by atoms with Gasteiger partial charge in [0.05, 0.1) is 0 Å². The summed E-state index contributed by atoms with van der Waals surface area (Å²) in [4.78, 5) is 16.0. The first kappa shape index (κ1) is 30.1. The second-order valence-corrected chi connectivity index (χ2v) is 17.1. The number of nitrogens with zero attached hydrogens (tertiary/aromatic N) is 3. The Labute approximate surface area is 313 Å². The Morgan fingerprint density at radius 1 is 0.434 bits per heavy atom. The normalized spacial score (nSPS) is 23.5. The van der Waals surface area contributed by atoms with E-state index in [4.69, 9.17) is 15.0 Å². The minimum Gasteiger partial charge on any atom is -0.208 e. The second-order valence-electron chi connectivity index (χ2n) is 16.0. The Morgan fingerprint density at radius 3 is 1.79 bits per heavy atom. The molecule has 0 unspecified atom stereocenters. The molecule has 0 aliphatic heterocycles. The molecule has 4 saturated carbocycles. The van der Waals surface area contributed by atoms with Crippen molar-refractivity contribution in [3.8, 4) is 56.4 Å². The van der Waals surface area contributed by atoms with Gasteiger partial charge in [0, 0.05) is 42.3 Å². The van der Waals surface area contributed by atoms with Gasteiger partial charge in [0.2, 0.25) is 0 Å². The molecular weight excluding hydrogens is 663 g/mol. The van der Waals surface area contributed by atoms with Crippen LogP contribution < -0.4 is 0 Å². The molecule has 2 heterocycles. The maximum atomic E-state index is 5.44. The minimum absolute atomic E-state index is 0.0382. The minimum atomic E-state index is 0.0382. The number of thiophene rings is 1. The Balaban J connectivity index is 1.14. The molecule has 53 heavy (non-hydrogen) atoms. The summed E-state index contributed by atoms with van der Waals surface area (Å²) >= 11 is 1.96. The summed E-state index contributed by atoms with van der Waals surface area (Å²) in [6.07, 6.45) is 6.85. The molecule has 4 heteroatoms. The molecule has 1 spiro atoms. The third-order valence-electron chi connectivity index (χ3n) is 13.3. The van der Waals surface area contributed by atoms with Crippen molar-refractivity contribution in [2.24, 2.45) is 23.7 Å². The van der Waals surface area contributed by atoms with Gasteiger partial charge in [-0.05, 0) is 107 Å². The van der Waals surface area contributed by atoms with Crippen LogP contribution >= 0.6 is 11.3 Å². The molecule has 254 valence electrons. The van der Waals surface area contributed by atoms with E-state index < -0.39 is 0 Å². The first-order chi connectivity index (χ1) is 26.2. The third-order valence-corrected chi connectivity index (χ3v) is 14.5. The average Bonchev–Trinajstić information content (AvgIpc) is 3.72. The van der Waals surface area contributed by atoms with Gasteiger partial charge in [-0.25, -0.2) is 15.0 Å². The van der Waals surface area contributed by atoms with Gasteiger partial charge in [-0.3, -0.25) is 0 Å².